The van der Waals surface area contributed by atoms with E-state index < -0.39 is 0 Å². The number of carbonyl (C=O) groups excluding carboxylic acids is 1. The zero-order valence-corrected chi connectivity index (χ0v) is 16.7. The van der Waals surface area contributed by atoms with Crippen LogP contribution < -0.4 is 20.1 Å². The molecule has 29 heavy (non-hydrogen) atoms. The number of rotatable bonds is 8. The molecule has 0 saturated heterocycles. The van der Waals surface area contributed by atoms with Crippen molar-refractivity contribution in [2.45, 2.75) is 13.3 Å². The van der Waals surface area contributed by atoms with Crippen molar-refractivity contribution in [3.63, 3.8) is 0 Å². The summed E-state index contributed by atoms with van der Waals surface area (Å²) >= 11 is 0. The summed E-state index contributed by atoms with van der Waals surface area (Å²) in [5.74, 6) is 0.934. The van der Waals surface area contributed by atoms with E-state index in [2.05, 4.69) is 20.6 Å². The van der Waals surface area contributed by atoms with Crippen molar-refractivity contribution in [2.24, 2.45) is 0 Å². The van der Waals surface area contributed by atoms with Gasteiger partial charge < -0.3 is 20.1 Å². The molecule has 0 atom stereocenters. The van der Waals surface area contributed by atoms with Crippen LogP contribution in [0.4, 0.5) is 11.5 Å². The number of benzene rings is 1. The molecule has 150 valence electrons. The number of carbonyl (C=O) groups is 1. The molecule has 3 aromatic rings. The monoisotopic (exact) mass is 392 g/mol. The van der Waals surface area contributed by atoms with Crippen LogP contribution in [0.3, 0.4) is 0 Å². The molecule has 7 nitrogen and oxygen atoms in total. The van der Waals surface area contributed by atoms with Gasteiger partial charge in [-0.05, 0) is 36.6 Å². The molecular weight excluding hydrogens is 368 g/mol. The van der Waals surface area contributed by atoms with Gasteiger partial charge in [-0.2, -0.15) is 4.98 Å². The molecule has 3 rings (SSSR count). The number of amides is 1. The maximum absolute atomic E-state index is 13.0. The molecule has 0 aliphatic carbocycles. The second kappa shape index (κ2) is 9.54. The first-order valence-corrected chi connectivity index (χ1v) is 9.32. The van der Waals surface area contributed by atoms with Crippen LogP contribution >= 0.6 is 0 Å². The van der Waals surface area contributed by atoms with Gasteiger partial charge in [0, 0.05) is 18.8 Å². The van der Waals surface area contributed by atoms with Crippen LogP contribution in [0, 0.1) is 0 Å². The predicted octanol–water partition coefficient (Wildman–Crippen LogP) is 3.77. The fourth-order valence-electron chi connectivity index (χ4n) is 2.97. The number of ether oxygens (including phenoxy) is 2. The number of nitrogens with one attached hydrogen (secondary N) is 2. The van der Waals surface area contributed by atoms with E-state index in [1.165, 1.54) is 7.11 Å². The molecule has 1 aromatic carbocycles. The highest BCUT2D eigenvalue weighted by Gasteiger charge is 2.19. The SMILES string of the molecule is CCNc1ncccc1C(=O)Nc1c(Cc2ccccc2)cc(OC)nc1OC. The molecule has 0 bridgehead atoms. The summed E-state index contributed by atoms with van der Waals surface area (Å²) in [5, 5.41) is 6.06. The first-order chi connectivity index (χ1) is 14.2. The Bertz CT molecular complexity index is 977. The summed E-state index contributed by atoms with van der Waals surface area (Å²) in [5.41, 5.74) is 2.88. The summed E-state index contributed by atoms with van der Waals surface area (Å²) < 4.78 is 10.8. The average Bonchev–Trinajstić information content (AvgIpc) is 2.76. The Morgan fingerprint density at radius 2 is 1.86 bits per heavy atom. The molecule has 0 fully saturated rings. The van der Waals surface area contributed by atoms with Crippen LogP contribution in [-0.4, -0.2) is 36.6 Å². The number of pyridine rings is 2. The van der Waals surface area contributed by atoms with Crippen molar-refractivity contribution < 1.29 is 14.3 Å². The Morgan fingerprint density at radius 1 is 1.07 bits per heavy atom. The minimum Gasteiger partial charge on any atom is -0.481 e. The maximum Gasteiger partial charge on any atom is 0.259 e. The van der Waals surface area contributed by atoms with Crippen LogP contribution in [0.2, 0.25) is 0 Å². The third kappa shape index (κ3) is 4.82. The zero-order chi connectivity index (χ0) is 20.6. The summed E-state index contributed by atoms with van der Waals surface area (Å²) in [4.78, 5) is 21.6. The topological polar surface area (TPSA) is 85.4 Å². The normalized spacial score (nSPS) is 10.3. The number of nitrogens with zero attached hydrogens (tertiary/aromatic N) is 2. The standard InChI is InChI=1S/C22H24N4O3/c1-4-23-20-17(11-8-12-24-20)21(27)26-19-16(13-15-9-6-5-7-10-15)14-18(28-2)25-22(19)29-3/h5-12,14H,4,13H2,1-3H3,(H,23,24)(H,26,27). The van der Waals surface area contributed by atoms with E-state index in [1.54, 1.807) is 31.5 Å². The van der Waals surface area contributed by atoms with Crippen molar-refractivity contribution in [1.29, 1.82) is 0 Å². The van der Waals surface area contributed by atoms with Crippen molar-refractivity contribution in [2.75, 3.05) is 31.4 Å². The van der Waals surface area contributed by atoms with Crippen LogP contribution in [0.15, 0.2) is 54.7 Å². The number of aromatic nitrogens is 2. The summed E-state index contributed by atoms with van der Waals surface area (Å²) in [6, 6.07) is 15.2. The highest BCUT2D eigenvalue weighted by Crippen LogP contribution is 2.32. The van der Waals surface area contributed by atoms with Gasteiger partial charge in [-0.25, -0.2) is 4.98 Å². The average molecular weight is 392 g/mol. The fraction of sp³-hybridized carbons (Fsp3) is 0.227. The van der Waals surface area contributed by atoms with Crippen LogP contribution in [-0.2, 0) is 6.42 Å². The Morgan fingerprint density at radius 3 is 2.55 bits per heavy atom. The number of anilines is 2. The lowest BCUT2D eigenvalue weighted by molar-refractivity contribution is 0.102. The van der Waals surface area contributed by atoms with Crippen molar-refractivity contribution in [3.05, 3.63) is 71.4 Å². The minimum absolute atomic E-state index is 0.289. The van der Waals surface area contributed by atoms with E-state index in [0.717, 1.165) is 11.1 Å². The van der Waals surface area contributed by atoms with E-state index in [9.17, 15) is 4.79 Å². The summed E-state index contributed by atoms with van der Waals surface area (Å²) in [6.07, 6.45) is 2.23. The van der Waals surface area contributed by atoms with Gasteiger partial charge in [-0.15, -0.1) is 0 Å². The van der Waals surface area contributed by atoms with Crippen molar-refractivity contribution in [1.82, 2.24) is 9.97 Å². The van der Waals surface area contributed by atoms with E-state index >= 15 is 0 Å². The largest absolute Gasteiger partial charge is 0.481 e. The van der Waals surface area contributed by atoms with Crippen molar-refractivity contribution in [3.8, 4) is 11.8 Å². The second-order valence-corrected chi connectivity index (χ2v) is 6.25. The summed E-state index contributed by atoms with van der Waals surface area (Å²) in [6.45, 7) is 2.61. The van der Waals surface area contributed by atoms with Crippen LogP contribution in [0.25, 0.3) is 0 Å². The Kier molecular flexibility index (Phi) is 6.63. The highest BCUT2D eigenvalue weighted by atomic mass is 16.5. The van der Waals surface area contributed by atoms with Gasteiger partial charge in [-0.3, -0.25) is 4.79 Å². The van der Waals surface area contributed by atoms with Gasteiger partial charge in [0.25, 0.3) is 5.91 Å². The first-order valence-electron chi connectivity index (χ1n) is 9.32. The molecular formula is C22H24N4O3. The Hall–Kier alpha value is -3.61. The van der Waals surface area contributed by atoms with Gasteiger partial charge >= 0.3 is 0 Å². The molecule has 0 spiro atoms. The molecule has 2 aromatic heterocycles. The number of methoxy groups -OCH3 is 2. The molecule has 0 unspecified atom stereocenters. The molecule has 7 heteroatoms. The Balaban J connectivity index is 2.00. The molecule has 2 heterocycles. The van der Waals surface area contributed by atoms with Crippen LogP contribution in [0.1, 0.15) is 28.4 Å². The van der Waals surface area contributed by atoms with Crippen molar-refractivity contribution >= 4 is 17.4 Å². The van der Waals surface area contributed by atoms with Gasteiger partial charge in [0.15, 0.2) is 0 Å². The van der Waals surface area contributed by atoms with Crippen LogP contribution in [0.5, 0.6) is 11.8 Å². The van der Waals surface area contributed by atoms with Gasteiger partial charge in [-0.1, -0.05) is 30.3 Å². The second-order valence-electron chi connectivity index (χ2n) is 6.25. The molecule has 1 amide bonds. The lowest BCUT2D eigenvalue weighted by atomic mass is 10.0. The van der Waals surface area contributed by atoms with Gasteiger partial charge in [0.05, 0.1) is 19.8 Å². The number of hydrogen-bond donors (Lipinski definition) is 2. The third-order valence-electron chi connectivity index (χ3n) is 4.32. The highest BCUT2D eigenvalue weighted by molar-refractivity contribution is 6.08. The lowest BCUT2D eigenvalue weighted by Gasteiger charge is -2.17. The van der Waals surface area contributed by atoms with E-state index in [0.29, 0.717) is 35.9 Å². The summed E-state index contributed by atoms with van der Waals surface area (Å²) in [7, 11) is 3.06. The fourth-order valence-corrected chi connectivity index (χ4v) is 2.97. The quantitative estimate of drug-likeness (QED) is 0.607. The van der Waals surface area contributed by atoms with Gasteiger partial charge in [0.1, 0.15) is 11.5 Å². The predicted molar refractivity (Wildman–Crippen MR) is 113 cm³/mol. The van der Waals surface area contributed by atoms with E-state index in [4.69, 9.17) is 9.47 Å². The molecule has 0 aliphatic heterocycles. The molecule has 0 saturated carbocycles. The lowest BCUT2D eigenvalue weighted by Crippen LogP contribution is -2.18. The Labute approximate surface area is 170 Å². The number of hydrogen-bond acceptors (Lipinski definition) is 6. The minimum atomic E-state index is -0.298. The smallest absolute Gasteiger partial charge is 0.259 e. The first kappa shape index (κ1) is 20.1. The zero-order valence-electron chi connectivity index (χ0n) is 16.7. The third-order valence-corrected chi connectivity index (χ3v) is 4.32. The molecule has 2 N–H and O–H groups in total. The molecule has 0 radical (unpaired) electrons. The van der Waals surface area contributed by atoms with Gasteiger partial charge in [0.2, 0.25) is 11.8 Å². The van der Waals surface area contributed by atoms with E-state index in [1.807, 2.05) is 37.3 Å². The van der Waals surface area contributed by atoms with E-state index in [-0.39, 0.29) is 11.8 Å². The maximum atomic E-state index is 13.0. The molecule has 0 aliphatic rings.